The number of ether oxygens (including phenoxy) is 3. The second-order valence-electron chi connectivity index (χ2n) is 9.06. The fourth-order valence-electron chi connectivity index (χ4n) is 4.37. The molecular weight excluding hydrogens is 432 g/mol. The van der Waals surface area contributed by atoms with Gasteiger partial charge in [0, 0.05) is 49.0 Å². The molecule has 0 bridgehead atoms. The van der Waals surface area contributed by atoms with Crippen molar-refractivity contribution in [2.45, 2.75) is 38.8 Å². The van der Waals surface area contributed by atoms with Gasteiger partial charge in [0.2, 0.25) is 5.88 Å². The molecule has 0 amide bonds. The van der Waals surface area contributed by atoms with E-state index in [1.807, 2.05) is 36.4 Å². The molecular formula is C25H32N6O3. The summed E-state index contributed by atoms with van der Waals surface area (Å²) in [6, 6.07) is 12.2. The van der Waals surface area contributed by atoms with Gasteiger partial charge in [-0.25, -0.2) is 0 Å². The predicted molar refractivity (Wildman–Crippen MR) is 131 cm³/mol. The molecule has 2 aromatic heterocycles. The molecule has 1 aromatic carbocycles. The summed E-state index contributed by atoms with van der Waals surface area (Å²) in [7, 11) is 3.16. The van der Waals surface area contributed by atoms with Crippen molar-refractivity contribution in [3.63, 3.8) is 0 Å². The molecule has 180 valence electrons. The first-order chi connectivity index (χ1) is 16.4. The van der Waals surface area contributed by atoms with Crippen molar-refractivity contribution in [2.75, 3.05) is 39.0 Å². The summed E-state index contributed by atoms with van der Waals surface area (Å²) < 4.78 is 16.2. The van der Waals surface area contributed by atoms with Crippen LogP contribution in [0.1, 0.15) is 27.2 Å². The normalized spacial score (nSPS) is 17.9. The number of hydrogen-bond acceptors (Lipinski definition) is 9. The first-order valence-electron chi connectivity index (χ1n) is 11.4. The minimum atomic E-state index is 0.0794. The topological polar surface area (TPSA) is 94.5 Å². The maximum absolute atomic E-state index is 5.88. The van der Waals surface area contributed by atoms with Gasteiger partial charge in [-0.15, -0.1) is 15.3 Å². The minimum Gasteiger partial charge on any atom is -0.480 e. The largest absolute Gasteiger partial charge is 0.480 e. The zero-order valence-corrected chi connectivity index (χ0v) is 20.4. The number of benzene rings is 1. The Morgan fingerprint density at radius 1 is 1.06 bits per heavy atom. The summed E-state index contributed by atoms with van der Waals surface area (Å²) in [6.07, 6.45) is 2.75. The third-order valence-corrected chi connectivity index (χ3v) is 5.85. The molecule has 34 heavy (non-hydrogen) atoms. The van der Waals surface area contributed by atoms with E-state index in [9.17, 15) is 0 Å². The predicted octanol–water partition coefficient (Wildman–Crippen LogP) is 3.56. The van der Waals surface area contributed by atoms with E-state index < -0.39 is 0 Å². The zero-order chi connectivity index (χ0) is 24.1. The maximum Gasteiger partial charge on any atom is 0.233 e. The lowest BCUT2D eigenvalue weighted by molar-refractivity contribution is 0.0515. The fraction of sp³-hybridized carbons (Fsp3) is 0.440. The van der Waals surface area contributed by atoms with E-state index in [1.165, 1.54) is 0 Å². The molecule has 1 fully saturated rings. The lowest BCUT2D eigenvalue weighted by Crippen LogP contribution is -2.48. The van der Waals surface area contributed by atoms with Crippen molar-refractivity contribution in [2.24, 2.45) is 0 Å². The second kappa shape index (κ2) is 10.3. The first-order valence-corrected chi connectivity index (χ1v) is 11.4. The molecule has 0 spiro atoms. The molecule has 1 aliphatic rings. The van der Waals surface area contributed by atoms with E-state index in [0.29, 0.717) is 17.7 Å². The number of hydrogen-bond donors (Lipinski definition) is 1. The standard InChI is InChI=1S/C25H32N6O3/c1-17(2)27-25(3)10-11-31(15-25)23-9-8-21(28-29-23)20-7-6-18(12-22(20)34-16-32-4)19-13-24(33-5)30-26-14-19/h6-9,12-14,17,27H,10-11,15-16H2,1-5H3. The Hall–Kier alpha value is -3.30. The molecule has 0 saturated carbocycles. The molecule has 1 aliphatic heterocycles. The van der Waals surface area contributed by atoms with Crippen molar-refractivity contribution in [1.29, 1.82) is 0 Å². The Morgan fingerprint density at radius 2 is 1.91 bits per heavy atom. The lowest BCUT2D eigenvalue weighted by Gasteiger charge is -2.28. The van der Waals surface area contributed by atoms with Gasteiger partial charge in [0.15, 0.2) is 12.6 Å². The van der Waals surface area contributed by atoms with Gasteiger partial charge in [-0.2, -0.15) is 5.10 Å². The minimum absolute atomic E-state index is 0.0794. The van der Waals surface area contributed by atoms with E-state index in [2.05, 4.69) is 51.4 Å². The van der Waals surface area contributed by atoms with E-state index in [4.69, 9.17) is 14.2 Å². The van der Waals surface area contributed by atoms with Gasteiger partial charge in [0.05, 0.1) is 19.0 Å². The van der Waals surface area contributed by atoms with Crippen LogP contribution in [0.4, 0.5) is 5.82 Å². The molecule has 1 saturated heterocycles. The number of nitrogens with one attached hydrogen (secondary N) is 1. The maximum atomic E-state index is 5.88. The second-order valence-corrected chi connectivity index (χ2v) is 9.06. The highest BCUT2D eigenvalue weighted by atomic mass is 16.7. The molecule has 9 nitrogen and oxygen atoms in total. The van der Waals surface area contributed by atoms with Crippen LogP contribution in [0.3, 0.4) is 0 Å². The van der Waals surface area contributed by atoms with Gasteiger partial charge in [-0.1, -0.05) is 19.9 Å². The van der Waals surface area contributed by atoms with Gasteiger partial charge in [0.25, 0.3) is 0 Å². The molecule has 3 heterocycles. The summed E-state index contributed by atoms with van der Waals surface area (Å²) in [4.78, 5) is 2.28. The zero-order valence-electron chi connectivity index (χ0n) is 20.4. The fourth-order valence-corrected chi connectivity index (χ4v) is 4.37. The smallest absolute Gasteiger partial charge is 0.233 e. The van der Waals surface area contributed by atoms with Crippen molar-refractivity contribution in [3.8, 4) is 34.0 Å². The van der Waals surface area contributed by atoms with Crippen molar-refractivity contribution < 1.29 is 14.2 Å². The van der Waals surface area contributed by atoms with Crippen LogP contribution < -0.4 is 19.7 Å². The molecule has 4 rings (SSSR count). The van der Waals surface area contributed by atoms with Crippen molar-refractivity contribution >= 4 is 5.82 Å². The molecule has 0 radical (unpaired) electrons. The van der Waals surface area contributed by atoms with Crippen LogP contribution in [0.15, 0.2) is 42.6 Å². The Balaban J connectivity index is 1.58. The summed E-state index contributed by atoms with van der Waals surface area (Å²) in [5, 5.41) is 20.7. The van der Waals surface area contributed by atoms with E-state index in [1.54, 1.807) is 20.4 Å². The molecule has 1 atom stereocenters. The van der Waals surface area contributed by atoms with Crippen LogP contribution in [0.25, 0.3) is 22.4 Å². The Morgan fingerprint density at radius 3 is 2.62 bits per heavy atom. The van der Waals surface area contributed by atoms with E-state index in [-0.39, 0.29) is 12.3 Å². The third-order valence-electron chi connectivity index (χ3n) is 5.85. The van der Waals surface area contributed by atoms with Crippen LogP contribution in [-0.4, -0.2) is 66.1 Å². The number of rotatable bonds is 9. The number of aromatic nitrogens is 4. The Labute approximate surface area is 200 Å². The lowest BCUT2D eigenvalue weighted by atomic mass is 10.0. The molecule has 3 aromatic rings. The summed E-state index contributed by atoms with van der Waals surface area (Å²) in [6.45, 7) is 8.60. The summed E-state index contributed by atoms with van der Waals surface area (Å²) in [5.41, 5.74) is 3.43. The van der Waals surface area contributed by atoms with Gasteiger partial charge in [0.1, 0.15) is 5.75 Å². The highest BCUT2D eigenvalue weighted by Crippen LogP contribution is 2.34. The van der Waals surface area contributed by atoms with E-state index in [0.717, 1.165) is 47.7 Å². The highest BCUT2D eigenvalue weighted by Gasteiger charge is 2.34. The molecule has 0 aliphatic carbocycles. The monoisotopic (exact) mass is 464 g/mol. The van der Waals surface area contributed by atoms with Crippen LogP contribution in [0, 0.1) is 0 Å². The number of anilines is 1. The first kappa shape index (κ1) is 23.8. The van der Waals surface area contributed by atoms with E-state index >= 15 is 0 Å². The van der Waals surface area contributed by atoms with Gasteiger partial charge >= 0.3 is 0 Å². The average Bonchev–Trinajstić information content (AvgIpc) is 3.23. The van der Waals surface area contributed by atoms with Crippen molar-refractivity contribution in [1.82, 2.24) is 25.7 Å². The van der Waals surface area contributed by atoms with Crippen LogP contribution in [0.2, 0.25) is 0 Å². The molecule has 9 heteroatoms. The van der Waals surface area contributed by atoms with Crippen LogP contribution in [0.5, 0.6) is 11.6 Å². The van der Waals surface area contributed by atoms with Crippen molar-refractivity contribution in [3.05, 3.63) is 42.6 Å². The third kappa shape index (κ3) is 5.43. The Kier molecular flexibility index (Phi) is 7.23. The van der Waals surface area contributed by atoms with Crippen LogP contribution in [-0.2, 0) is 4.74 Å². The van der Waals surface area contributed by atoms with Gasteiger partial charge in [-0.3, -0.25) is 0 Å². The van der Waals surface area contributed by atoms with Gasteiger partial charge in [-0.05, 0) is 43.2 Å². The highest BCUT2D eigenvalue weighted by molar-refractivity contribution is 5.74. The summed E-state index contributed by atoms with van der Waals surface area (Å²) in [5.74, 6) is 1.97. The summed E-state index contributed by atoms with van der Waals surface area (Å²) >= 11 is 0. The average molecular weight is 465 g/mol. The quantitative estimate of drug-likeness (QED) is 0.477. The number of nitrogens with zero attached hydrogens (tertiary/aromatic N) is 5. The van der Waals surface area contributed by atoms with Crippen LogP contribution >= 0.6 is 0 Å². The molecule has 1 unspecified atom stereocenters. The number of methoxy groups -OCH3 is 2. The van der Waals surface area contributed by atoms with Gasteiger partial charge < -0.3 is 24.4 Å². The molecule has 1 N–H and O–H groups in total. The Bertz CT molecular complexity index is 1110. The SMILES string of the molecule is COCOc1cc(-c2cnnc(OC)c2)ccc1-c1ccc(N2CCC(C)(NC(C)C)C2)nn1.